The molecule has 1 atom stereocenters. The SMILES string of the molecule is Cc1cc(C)c(CNC(=O)c2ccc(C(C)Oc3ccccc3)cc2F)c(O)n1. The van der Waals surface area contributed by atoms with Crippen LogP contribution in [0.2, 0.25) is 0 Å². The molecular weight excluding hydrogens is 371 g/mol. The smallest absolute Gasteiger partial charge is 0.254 e. The Balaban J connectivity index is 1.69. The van der Waals surface area contributed by atoms with Gasteiger partial charge in [-0.05, 0) is 62.2 Å². The third-order valence-corrected chi connectivity index (χ3v) is 4.64. The second-order valence-corrected chi connectivity index (χ2v) is 6.88. The molecule has 1 heterocycles. The maximum Gasteiger partial charge on any atom is 0.254 e. The zero-order valence-electron chi connectivity index (χ0n) is 16.6. The highest BCUT2D eigenvalue weighted by atomic mass is 19.1. The highest BCUT2D eigenvalue weighted by Gasteiger charge is 2.16. The first kappa shape index (κ1) is 20.3. The molecule has 1 unspecified atom stereocenters. The maximum atomic E-state index is 14.6. The van der Waals surface area contributed by atoms with Crippen LogP contribution in [0, 0.1) is 19.7 Å². The summed E-state index contributed by atoms with van der Waals surface area (Å²) in [7, 11) is 0. The molecule has 5 nitrogen and oxygen atoms in total. The van der Waals surface area contributed by atoms with Crippen molar-refractivity contribution in [3.63, 3.8) is 0 Å². The fourth-order valence-corrected chi connectivity index (χ4v) is 3.07. The van der Waals surface area contributed by atoms with E-state index in [4.69, 9.17) is 4.74 Å². The van der Waals surface area contributed by atoms with Gasteiger partial charge in [0.2, 0.25) is 5.88 Å². The van der Waals surface area contributed by atoms with Gasteiger partial charge in [-0.1, -0.05) is 24.3 Å². The number of nitrogens with one attached hydrogen (secondary N) is 1. The lowest BCUT2D eigenvalue weighted by Crippen LogP contribution is -2.24. The summed E-state index contributed by atoms with van der Waals surface area (Å²) in [6, 6.07) is 15.5. The van der Waals surface area contributed by atoms with Crippen molar-refractivity contribution in [3.05, 3.63) is 88.4 Å². The zero-order chi connectivity index (χ0) is 21.0. The molecule has 0 aliphatic heterocycles. The quantitative estimate of drug-likeness (QED) is 0.640. The molecule has 0 spiro atoms. The molecule has 0 saturated carbocycles. The largest absolute Gasteiger partial charge is 0.493 e. The number of aromatic nitrogens is 1. The molecular formula is C23H23FN2O3. The number of nitrogens with zero attached hydrogens (tertiary/aromatic N) is 1. The minimum Gasteiger partial charge on any atom is -0.493 e. The van der Waals surface area contributed by atoms with Crippen molar-refractivity contribution in [2.75, 3.05) is 0 Å². The third kappa shape index (κ3) is 4.90. The molecule has 1 aromatic heterocycles. The van der Waals surface area contributed by atoms with Crippen LogP contribution in [-0.2, 0) is 6.54 Å². The normalized spacial score (nSPS) is 11.7. The van der Waals surface area contributed by atoms with Gasteiger partial charge in [0.15, 0.2) is 0 Å². The molecule has 2 aromatic carbocycles. The standard InChI is InChI=1S/C23H23FN2O3/c1-14-11-15(2)26-23(28)20(14)13-25-22(27)19-10-9-17(12-21(19)24)16(3)29-18-7-5-4-6-8-18/h4-12,16H,13H2,1-3H3,(H,25,27)(H,26,28). The Hall–Kier alpha value is -3.41. The lowest BCUT2D eigenvalue weighted by molar-refractivity contribution is 0.0946. The van der Waals surface area contributed by atoms with E-state index in [1.54, 1.807) is 13.0 Å². The Morgan fingerprint density at radius 2 is 1.90 bits per heavy atom. The molecule has 1 amide bonds. The van der Waals surface area contributed by atoms with E-state index in [-0.39, 0.29) is 24.1 Å². The minimum atomic E-state index is -0.633. The number of aryl methyl sites for hydroxylation is 2. The number of rotatable bonds is 6. The van der Waals surface area contributed by atoms with Crippen LogP contribution in [0.25, 0.3) is 0 Å². The molecule has 0 fully saturated rings. The lowest BCUT2D eigenvalue weighted by atomic mass is 10.1. The number of halogens is 1. The first-order valence-electron chi connectivity index (χ1n) is 9.30. The predicted molar refractivity (Wildman–Crippen MR) is 108 cm³/mol. The Labute approximate surface area is 169 Å². The van der Waals surface area contributed by atoms with Crippen LogP contribution in [-0.4, -0.2) is 16.0 Å². The van der Waals surface area contributed by atoms with E-state index in [2.05, 4.69) is 10.3 Å². The second kappa shape index (κ2) is 8.73. The summed E-state index contributed by atoms with van der Waals surface area (Å²) in [5.41, 5.74) is 2.55. The fraction of sp³-hybridized carbons (Fsp3) is 0.217. The summed E-state index contributed by atoms with van der Waals surface area (Å²) in [6.07, 6.45) is -0.373. The maximum absolute atomic E-state index is 14.6. The summed E-state index contributed by atoms with van der Waals surface area (Å²) in [6.45, 7) is 5.46. The number of amides is 1. The Morgan fingerprint density at radius 1 is 1.17 bits per heavy atom. The van der Waals surface area contributed by atoms with Gasteiger partial charge >= 0.3 is 0 Å². The number of carbonyl (C=O) groups is 1. The number of carbonyl (C=O) groups excluding carboxylic acids is 1. The number of aromatic hydroxyl groups is 1. The van der Waals surface area contributed by atoms with Crippen LogP contribution < -0.4 is 10.1 Å². The van der Waals surface area contributed by atoms with E-state index in [1.807, 2.05) is 50.2 Å². The van der Waals surface area contributed by atoms with Gasteiger partial charge in [0.1, 0.15) is 17.7 Å². The number of pyridine rings is 1. The summed E-state index contributed by atoms with van der Waals surface area (Å²) in [5, 5.41) is 12.6. The van der Waals surface area contributed by atoms with E-state index in [9.17, 15) is 14.3 Å². The van der Waals surface area contributed by atoms with E-state index >= 15 is 0 Å². The van der Waals surface area contributed by atoms with Crippen molar-refractivity contribution < 1.29 is 19.0 Å². The van der Waals surface area contributed by atoms with Gasteiger partial charge in [-0.15, -0.1) is 0 Å². The number of hydrogen-bond donors (Lipinski definition) is 2. The Kier molecular flexibility index (Phi) is 6.12. The molecule has 3 rings (SSSR count). The summed E-state index contributed by atoms with van der Waals surface area (Å²) < 4.78 is 20.4. The van der Waals surface area contributed by atoms with E-state index in [0.29, 0.717) is 22.6 Å². The van der Waals surface area contributed by atoms with Gasteiger partial charge in [0.05, 0.1) is 5.56 Å². The minimum absolute atomic E-state index is 0.0541. The van der Waals surface area contributed by atoms with Crippen LogP contribution in [0.1, 0.15) is 45.8 Å². The highest BCUT2D eigenvalue weighted by Crippen LogP contribution is 2.23. The first-order valence-corrected chi connectivity index (χ1v) is 9.30. The third-order valence-electron chi connectivity index (χ3n) is 4.64. The zero-order valence-corrected chi connectivity index (χ0v) is 16.6. The Morgan fingerprint density at radius 3 is 2.55 bits per heavy atom. The molecule has 0 aliphatic carbocycles. The van der Waals surface area contributed by atoms with E-state index in [0.717, 1.165) is 5.56 Å². The van der Waals surface area contributed by atoms with Crippen LogP contribution >= 0.6 is 0 Å². The van der Waals surface area contributed by atoms with Gasteiger partial charge in [-0.3, -0.25) is 4.79 Å². The number of hydrogen-bond acceptors (Lipinski definition) is 4. The molecule has 29 heavy (non-hydrogen) atoms. The highest BCUT2D eigenvalue weighted by molar-refractivity contribution is 5.94. The summed E-state index contributed by atoms with van der Waals surface area (Å²) in [5.74, 6) is -0.647. The van der Waals surface area contributed by atoms with Gasteiger partial charge in [0, 0.05) is 17.8 Å². The van der Waals surface area contributed by atoms with Crippen molar-refractivity contribution in [3.8, 4) is 11.6 Å². The van der Waals surface area contributed by atoms with Crippen LogP contribution in [0.3, 0.4) is 0 Å². The van der Waals surface area contributed by atoms with Crippen molar-refractivity contribution in [1.29, 1.82) is 0 Å². The Bertz CT molecular complexity index is 999. The number of ether oxygens (including phenoxy) is 1. The monoisotopic (exact) mass is 394 g/mol. The molecule has 3 aromatic rings. The van der Waals surface area contributed by atoms with Crippen molar-refractivity contribution in [2.24, 2.45) is 0 Å². The van der Waals surface area contributed by atoms with Gasteiger partial charge in [0.25, 0.3) is 5.91 Å². The molecule has 0 aliphatic rings. The first-order chi connectivity index (χ1) is 13.8. The van der Waals surface area contributed by atoms with Gasteiger partial charge in [-0.2, -0.15) is 0 Å². The summed E-state index contributed by atoms with van der Waals surface area (Å²) >= 11 is 0. The van der Waals surface area contributed by atoms with Crippen LogP contribution in [0.5, 0.6) is 11.6 Å². The average Bonchev–Trinajstić information content (AvgIpc) is 2.67. The molecule has 2 N–H and O–H groups in total. The molecule has 0 bridgehead atoms. The molecule has 150 valence electrons. The van der Waals surface area contributed by atoms with Crippen LogP contribution in [0.4, 0.5) is 4.39 Å². The van der Waals surface area contributed by atoms with Gasteiger partial charge < -0.3 is 15.2 Å². The van der Waals surface area contributed by atoms with Crippen molar-refractivity contribution in [1.82, 2.24) is 10.3 Å². The fourth-order valence-electron chi connectivity index (χ4n) is 3.07. The van der Waals surface area contributed by atoms with Crippen molar-refractivity contribution in [2.45, 2.75) is 33.4 Å². The summed E-state index contributed by atoms with van der Waals surface area (Å²) in [4.78, 5) is 16.4. The predicted octanol–water partition coefficient (Wildman–Crippen LogP) is 4.61. The lowest BCUT2D eigenvalue weighted by Gasteiger charge is -2.16. The van der Waals surface area contributed by atoms with Gasteiger partial charge in [-0.25, -0.2) is 9.37 Å². The molecule has 0 radical (unpaired) electrons. The van der Waals surface area contributed by atoms with E-state index < -0.39 is 11.7 Å². The molecule has 6 heteroatoms. The number of benzene rings is 2. The van der Waals surface area contributed by atoms with Crippen LogP contribution in [0.15, 0.2) is 54.6 Å². The average molecular weight is 394 g/mol. The van der Waals surface area contributed by atoms with E-state index in [1.165, 1.54) is 12.1 Å². The number of para-hydroxylation sites is 1. The topological polar surface area (TPSA) is 71.5 Å². The second-order valence-electron chi connectivity index (χ2n) is 6.88. The van der Waals surface area contributed by atoms with Crippen molar-refractivity contribution >= 4 is 5.91 Å². The molecule has 0 saturated heterocycles.